The van der Waals surface area contributed by atoms with Crippen LogP contribution in [-0.4, -0.2) is 56.6 Å². The highest BCUT2D eigenvalue weighted by molar-refractivity contribution is 9.10. The Morgan fingerprint density at radius 2 is 2.05 bits per heavy atom. The van der Waals surface area contributed by atoms with Crippen LogP contribution in [0.1, 0.15) is 5.82 Å². The fourth-order valence-corrected chi connectivity index (χ4v) is 2.99. The number of nitrogens with zero attached hydrogens (tertiary/aromatic N) is 4. The lowest BCUT2D eigenvalue weighted by atomic mass is 10.1. The molecule has 1 fully saturated rings. The summed E-state index contributed by atoms with van der Waals surface area (Å²) in [5.74, 6) is 1.58. The molecule has 0 radical (unpaired) electrons. The average molecular weight is 363 g/mol. The largest absolute Gasteiger partial charge is 0.379 e. The summed E-state index contributed by atoms with van der Waals surface area (Å²) in [6, 6.07) is 5.98. The van der Waals surface area contributed by atoms with Gasteiger partial charge in [0.1, 0.15) is 10.4 Å². The van der Waals surface area contributed by atoms with Crippen LogP contribution >= 0.6 is 15.9 Å². The molecule has 0 spiro atoms. The molecule has 1 aromatic carbocycles. The number of morpholine rings is 1. The number of halogens is 1. The van der Waals surface area contributed by atoms with Crippen molar-refractivity contribution in [1.29, 1.82) is 0 Å². The molecular formula is C14H15BrN6O. The molecule has 114 valence electrons. The molecule has 3 heterocycles. The first-order valence-electron chi connectivity index (χ1n) is 7.15. The Balaban J connectivity index is 1.57. The maximum atomic E-state index is 5.36. The van der Waals surface area contributed by atoms with Crippen molar-refractivity contribution in [2.24, 2.45) is 0 Å². The molecule has 0 amide bonds. The van der Waals surface area contributed by atoms with Crippen molar-refractivity contribution >= 4 is 26.8 Å². The highest BCUT2D eigenvalue weighted by Crippen LogP contribution is 2.25. The zero-order valence-electron chi connectivity index (χ0n) is 11.8. The van der Waals surface area contributed by atoms with Crippen molar-refractivity contribution in [3.8, 4) is 11.4 Å². The molecule has 1 aliphatic rings. The summed E-state index contributed by atoms with van der Waals surface area (Å²) < 4.78 is 6.22. The third-order valence-electron chi connectivity index (χ3n) is 3.77. The van der Waals surface area contributed by atoms with E-state index in [0.29, 0.717) is 5.82 Å². The van der Waals surface area contributed by atoms with E-state index in [4.69, 9.17) is 4.74 Å². The van der Waals surface area contributed by atoms with E-state index in [9.17, 15) is 0 Å². The van der Waals surface area contributed by atoms with Gasteiger partial charge in [-0.3, -0.25) is 15.1 Å². The minimum atomic E-state index is 0.707. The van der Waals surface area contributed by atoms with Gasteiger partial charge in [-0.15, -0.1) is 0 Å². The first-order valence-corrected chi connectivity index (χ1v) is 7.94. The van der Waals surface area contributed by atoms with Gasteiger partial charge in [0.25, 0.3) is 0 Å². The van der Waals surface area contributed by atoms with Crippen LogP contribution in [0.3, 0.4) is 0 Å². The maximum Gasteiger partial charge on any atom is 0.181 e. The summed E-state index contributed by atoms with van der Waals surface area (Å²) in [7, 11) is 0. The Bertz CT molecular complexity index is 792. The van der Waals surface area contributed by atoms with E-state index in [0.717, 1.165) is 59.7 Å². The van der Waals surface area contributed by atoms with Gasteiger partial charge in [-0.1, -0.05) is 0 Å². The van der Waals surface area contributed by atoms with E-state index in [1.807, 2.05) is 18.2 Å². The van der Waals surface area contributed by atoms with Crippen LogP contribution in [0, 0.1) is 0 Å². The van der Waals surface area contributed by atoms with Crippen molar-refractivity contribution < 1.29 is 4.74 Å². The van der Waals surface area contributed by atoms with Gasteiger partial charge in [-0.2, -0.15) is 10.2 Å². The Morgan fingerprint density at radius 1 is 1.18 bits per heavy atom. The molecule has 0 saturated carbocycles. The fraction of sp³-hybridized carbons (Fsp3) is 0.357. The summed E-state index contributed by atoms with van der Waals surface area (Å²) in [5.41, 5.74) is 1.89. The number of H-pyrrole nitrogens is 2. The van der Waals surface area contributed by atoms with Gasteiger partial charge in [-0.25, -0.2) is 4.98 Å². The second-order valence-corrected chi connectivity index (χ2v) is 6.06. The molecule has 2 N–H and O–H groups in total. The predicted octanol–water partition coefficient (Wildman–Crippen LogP) is 1.94. The first-order chi connectivity index (χ1) is 10.8. The number of hydrogen-bond donors (Lipinski definition) is 2. The highest BCUT2D eigenvalue weighted by atomic mass is 79.9. The van der Waals surface area contributed by atoms with Gasteiger partial charge >= 0.3 is 0 Å². The lowest BCUT2D eigenvalue weighted by molar-refractivity contribution is 0.0331. The van der Waals surface area contributed by atoms with Gasteiger partial charge in [0.2, 0.25) is 0 Å². The molecule has 7 nitrogen and oxygen atoms in total. The van der Waals surface area contributed by atoms with Crippen LogP contribution in [0.15, 0.2) is 22.8 Å². The summed E-state index contributed by atoms with van der Waals surface area (Å²) in [6.45, 7) is 4.21. The number of ether oxygens (including phenoxy) is 1. The van der Waals surface area contributed by atoms with E-state index in [1.165, 1.54) is 0 Å². The third kappa shape index (κ3) is 2.65. The van der Waals surface area contributed by atoms with Crippen LogP contribution in [-0.2, 0) is 11.3 Å². The zero-order chi connectivity index (χ0) is 14.9. The minimum Gasteiger partial charge on any atom is -0.379 e. The Labute approximate surface area is 135 Å². The van der Waals surface area contributed by atoms with Crippen LogP contribution < -0.4 is 0 Å². The van der Waals surface area contributed by atoms with Crippen LogP contribution in [0.25, 0.3) is 22.3 Å². The highest BCUT2D eigenvalue weighted by Gasteiger charge is 2.14. The standard InChI is InChI=1S/C14H15BrN6O/c15-13-10-7-9(1-2-11(10)17-19-13)14-16-12(18-20-14)8-21-3-5-22-6-4-21/h1-2,7H,3-6,8H2,(H,17,19)(H,16,18,20). The SMILES string of the molecule is Brc1[nH]nc2ccc(-c3n[nH]c(CN4CCOCC4)n3)cc12. The smallest absolute Gasteiger partial charge is 0.181 e. The van der Waals surface area contributed by atoms with E-state index >= 15 is 0 Å². The van der Waals surface area contributed by atoms with Crippen molar-refractivity contribution in [2.45, 2.75) is 6.54 Å². The molecule has 4 rings (SSSR count). The monoisotopic (exact) mass is 362 g/mol. The zero-order valence-corrected chi connectivity index (χ0v) is 13.4. The van der Waals surface area contributed by atoms with Crippen molar-refractivity contribution in [3.05, 3.63) is 28.6 Å². The second kappa shape index (κ2) is 5.79. The number of benzene rings is 1. The number of fused-ring (bicyclic) bond motifs is 1. The van der Waals surface area contributed by atoms with Crippen LogP contribution in [0.4, 0.5) is 0 Å². The fourth-order valence-electron chi connectivity index (χ4n) is 2.58. The minimum absolute atomic E-state index is 0.707. The summed E-state index contributed by atoms with van der Waals surface area (Å²) in [4.78, 5) is 6.91. The van der Waals surface area contributed by atoms with Crippen molar-refractivity contribution in [2.75, 3.05) is 26.3 Å². The molecule has 22 heavy (non-hydrogen) atoms. The molecule has 0 aliphatic carbocycles. The van der Waals surface area contributed by atoms with E-state index < -0.39 is 0 Å². The first kappa shape index (κ1) is 13.9. The van der Waals surface area contributed by atoms with Crippen molar-refractivity contribution in [3.63, 3.8) is 0 Å². The molecule has 3 aromatic rings. The van der Waals surface area contributed by atoms with Gasteiger partial charge in [0.15, 0.2) is 5.82 Å². The molecule has 0 unspecified atom stereocenters. The van der Waals surface area contributed by atoms with Crippen molar-refractivity contribution in [1.82, 2.24) is 30.3 Å². The lowest BCUT2D eigenvalue weighted by Gasteiger charge is -2.25. The number of aromatic amines is 2. The van der Waals surface area contributed by atoms with Crippen LogP contribution in [0.5, 0.6) is 0 Å². The summed E-state index contributed by atoms with van der Waals surface area (Å²) in [5, 5.41) is 15.5. The molecular weight excluding hydrogens is 348 g/mol. The normalized spacial score (nSPS) is 16.4. The topological polar surface area (TPSA) is 82.7 Å². The third-order valence-corrected chi connectivity index (χ3v) is 4.38. The summed E-state index contributed by atoms with van der Waals surface area (Å²) >= 11 is 3.46. The molecule has 0 bridgehead atoms. The van der Waals surface area contributed by atoms with Crippen LogP contribution in [0.2, 0.25) is 0 Å². The van der Waals surface area contributed by atoms with Gasteiger partial charge in [-0.05, 0) is 34.1 Å². The lowest BCUT2D eigenvalue weighted by Crippen LogP contribution is -2.35. The van der Waals surface area contributed by atoms with Gasteiger partial charge < -0.3 is 4.74 Å². The second-order valence-electron chi connectivity index (χ2n) is 5.26. The van der Waals surface area contributed by atoms with Gasteiger partial charge in [0, 0.05) is 24.0 Å². The molecule has 1 aliphatic heterocycles. The van der Waals surface area contributed by atoms with E-state index in [-0.39, 0.29) is 0 Å². The Morgan fingerprint density at radius 3 is 2.91 bits per heavy atom. The number of nitrogens with one attached hydrogen (secondary N) is 2. The van der Waals surface area contributed by atoms with E-state index in [1.54, 1.807) is 0 Å². The number of rotatable bonds is 3. The quantitative estimate of drug-likeness (QED) is 0.743. The maximum absolute atomic E-state index is 5.36. The van der Waals surface area contributed by atoms with E-state index in [2.05, 4.69) is 46.2 Å². The molecule has 2 aromatic heterocycles. The molecule has 0 atom stereocenters. The molecule has 8 heteroatoms. The Kier molecular flexibility index (Phi) is 3.65. The molecule has 1 saturated heterocycles. The Hall–Kier alpha value is -1.77. The average Bonchev–Trinajstić information content (AvgIpc) is 3.16. The predicted molar refractivity (Wildman–Crippen MR) is 85.3 cm³/mol. The van der Waals surface area contributed by atoms with Gasteiger partial charge in [0.05, 0.1) is 25.3 Å². The number of hydrogen-bond acceptors (Lipinski definition) is 5. The number of aromatic nitrogens is 5. The summed E-state index contributed by atoms with van der Waals surface area (Å²) in [6.07, 6.45) is 0.